The molecule has 0 radical (unpaired) electrons. The van der Waals surface area contributed by atoms with Gasteiger partial charge in [-0.15, -0.1) is 0 Å². The number of benzene rings is 1. The van der Waals surface area contributed by atoms with Gasteiger partial charge in [0, 0.05) is 12.8 Å². The molecule has 10 heteroatoms. The van der Waals surface area contributed by atoms with E-state index >= 15 is 0 Å². The zero-order chi connectivity index (χ0) is 23.5. The van der Waals surface area contributed by atoms with Gasteiger partial charge in [-0.05, 0) is 57.5 Å². The van der Waals surface area contributed by atoms with Crippen LogP contribution in [0.4, 0.5) is 11.4 Å². The first-order valence-corrected chi connectivity index (χ1v) is 11.7. The minimum Gasteiger partial charge on any atom is -0.383 e. The number of aromatic amines is 1. The summed E-state index contributed by atoms with van der Waals surface area (Å²) in [6.07, 6.45) is 2.08. The second kappa shape index (κ2) is 9.14. The highest BCUT2D eigenvalue weighted by molar-refractivity contribution is 7.92. The summed E-state index contributed by atoms with van der Waals surface area (Å²) in [5.41, 5.74) is 6.72. The Labute approximate surface area is 187 Å². The number of nitrogens with one attached hydrogen (secondary N) is 2. The summed E-state index contributed by atoms with van der Waals surface area (Å²) >= 11 is 0. The number of nitriles is 1. The number of pyridine rings is 1. The first-order valence-electron chi connectivity index (χ1n) is 10.2. The molecular weight excluding hydrogens is 430 g/mol. The summed E-state index contributed by atoms with van der Waals surface area (Å²) in [7, 11) is -3.49. The molecule has 1 aromatic heterocycles. The molecule has 9 nitrogen and oxygen atoms in total. The Hall–Kier alpha value is -3.16. The minimum atomic E-state index is -3.49. The number of sulfone groups is 1. The Bertz CT molecular complexity index is 1200. The van der Waals surface area contributed by atoms with Crippen LogP contribution in [-0.4, -0.2) is 43.2 Å². The van der Waals surface area contributed by atoms with Gasteiger partial charge in [0.2, 0.25) is 0 Å². The van der Waals surface area contributed by atoms with Gasteiger partial charge in [-0.2, -0.15) is 5.26 Å². The van der Waals surface area contributed by atoms with Crippen molar-refractivity contribution in [3.8, 4) is 6.07 Å². The van der Waals surface area contributed by atoms with E-state index in [-0.39, 0.29) is 28.3 Å². The second-order valence-corrected chi connectivity index (χ2v) is 11.3. The van der Waals surface area contributed by atoms with Crippen molar-refractivity contribution in [3.05, 3.63) is 52.4 Å². The molecule has 1 unspecified atom stereocenters. The number of anilines is 1. The van der Waals surface area contributed by atoms with Crippen LogP contribution in [0.25, 0.3) is 0 Å². The van der Waals surface area contributed by atoms with Gasteiger partial charge >= 0.3 is 0 Å². The third kappa shape index (κ3) is 4.84. The largest absolute Gasteiger partial charge is 0.383 e. The molecule has 1 aliphatic heterocycles. The summed E-state index contributed by atoms with van der Waals surface area (Å²) in [6, 6.07) is 9.65. The minimum absolute atomic E-state index is 0.0361. The van der Waals surface area contributed by atoms with E-state index < -0.39 is 20.1 Å². The zero-order valence-corrected chi connectivity index (χ0v) is 19.1. The second-order valence-electron chi connectivity index (χ2n) is 8.55. The Kier molecular flexibility index (Phi) is 6.71. The topological polar surface area (TPSA) is 150 Å². The van der Waals surface area contributed by atoms with Crippen LogP contribution >= 0.6 is 0 Å². The molecule has 3 rings (SSSR count). The number of nitrogens with two attached hydrogens (primary N) is 1. The molecule has 32 heavy (non-hydrogen) atoms. The summed E-state index contributed by atoms with van der Waals surface area (Å²) in [4.78, 5) is 19.6. The van der Waals surface area contributed by atoms with E-state index in [0.29, 0.717) is 31.0 Å². The van der Waals surface area contributed by atoms with Crippen LogP contribution in [0.2, 0.25) is 0 Å². The number of hydrogen-bond acceptors (Lipinski definition) is 7. The highest BCUT2D eigenvalue weighted by Gasteiger charge is 2.30. The number of hydrogen-bond donors (Lipinski definition) is 3. The van der Waals surface area contributed by atoms with Gasteiger partial charge in [0.25, 0.3) is 5.56 Å². The molecule has 0 amide bonds. The Balaban J connectivity index is 1.92. The highest BCUT2D eigenvalue weighted by Crippen LogP contribution is 2.27. The first kappa shape index (κ1) is 23.5. The fraction of sp³-hybridized carbons (Fsp3) is 0.409. The monoisotopic (exact) mass is 457 g/mol. The van der Waals surface area contributed by atoms with E-state index in [2.05, 4.69) is 21.4 Å². The maximum Gasteiger partial charge on any atom is 0.261 e. The van der Waals surface area contributed by atoms with Gasteiger partial charge in [0.1, 0.15) is 11.4 Å². The van der Waals surface area contributed by atoms with Crippen molar-refractivity contribution in [1.82, 2.24) is 4.98 Å². The normalized spacial score (nSPS) is 19.9. The van der Waals surface area contributed by atoms with Crippen LogP contribution in [-0.2, 0) is 14.6 Å². The number of H-pyrrole nitrogens is 1. The summed E-state index contributed by atoms with van der Waals surface area (Å²) in [6.45, 7) is 5.76. The molecule has 1 aromatic carbocycles. The number of aromatic nitrogens is 1. The van der Waals surface area contributed by atoms with E-state index in [1.165, 1.54) is 30.5 Å². The molecule has 0 saturated carbocycles. The van der Waals surface area contributed by atoms with Gasteiger partial charge in [-0.3, -0.25) is 4.79 Å². The molecule has 1 saturated heterocycles. The molecule has 0 bridgehead atoms. The van der Waals surface area contributed by atoms with Crippen LogP contribution in [0.3, 0.4) is 0 Å². The van der Waals surface area contributed by atoms with Crippen LogP contribution in [0.1, 0.15) is 32.8 Å². The van der Waals surface area contributed by atoms with Crippen molar-refractivity contribution < 1.29 is 13.2 Å². The van der Waals surface area contributed by atoms with Gasteiger partial charge in [0.15, 0.2) is 9.84 Å². The molecule has 2 atom stereocenters. The van der Waals surface area contributed by atoms with Gasteiger partial charge < -0.3 is 20.8 Å². The zero-order valence-electron chi connectivity index (χ0n) is 18.3. The molecule has 2 aromatic rings. The maximum atomic E-state index is 12.6. The first-order chi connectivity index (χ1) is 15.0. The number of aliphatic imine (C=N–C) groups is 1. The fourth-order valence-electron chi connectivity index (χ4n) is 3.34. The van der Waals surface area contributed by atoms with E-state index in [9.17, 15) is 18.5 Å². The van der Waals surface area contributed by atoms with E-state index in [1.54, 1.807) is 26.8 Å². The predicted octanol–water partition coefficient (Wildman–Crippen LogP) is 2.32. The SMILES string of the molecule is CC(C)(C)S(=O)(=O)c1ccc(N=C(N)c2c(NC3COCC[C@@H]3C#N)cc[nH]c2=O)cc1. The van der Waals surface area contributed by atoms with Crippen molar-refractivity contribution in [3.63, 3.8) is 0 Å². The van der Waals surface area contributed by atoms with E-state index in [1.807, 2.05) is 0 Å². The Morgan fingerprint density at radius 1 is 1.28 bits per heavy atom. The van der Waals surface area contributed by atoms with E-state index in [0.717, 1.165) is 0 Å². The van der Waals surface area contributed by atoms with Gasteiger partial charge in [0.05, 0.1) is 45.7 Å². The van der Waals surface area contributed by atoms with Gasteiger partial charge in [-0.25, -0.2) is 13.4 Å². The standard InChI is InChI=1S/C22H27N5O4S/c1-22(2,3)32(29,30)16-6-4-15(5-7-16)26-20(24)19-17(8-10-25-21(19)28)27-18-13-31-11-9-14(18)12-23/h4-8,10,14,18H,9,11,13H2,1-3H3,(H2,24,26)(H2,25,27,28)/t14-,18?/m1/s1. The number of rotatable bonds is 5. The summed E-state index contributed by atoms with van der Waals surface area (Å²) < 4.78 is 29.7. The number of ether oxygens (including phenoxy) is 1. The van der Waals surface area contributed by atoms with Crippen molar-refractivity contribution in [1.29, 1.82) is 5.26 Å². The molecule has 170 valence electrons. The van der Waals surface area contributed by atoms with Crippen LogP contribution in [0, 0.1) is 17.2 Å². The fourth-order valence-corrected chi connectivity index (χ4v) is 4.54. The third-order valence-electron chi connectivity index (χ3n) is 5.28. The number of nitrogens with zero attached hydrogens (tertiary/aromatic N) is 2. The molecule has 0 aliphatic carbocycles. The molecular formula is C22H27N5O4S. The Morgan fingerprint density at radius 2 is 1.97 bits per heavy atom. The van der Waals surface area contributed by atoms with Crippen LogP contribution in [0.15, 0.2) is 51.2 Å². The highest BCUT2D eigenvalue weighted by atomic mass is 32.2. The van der Waals surface area contributed by atoms with Gasteiger partial charge in [-0.1, -0.05) is 0 Å². The van der Waals surface area contributed by atoms with Crippen molar-refractivity contribution in [2.75, 3.05) is 18.5 Å². The molecule has 4 N–H and O–H groups in total. The lowest BCUT2D eigenvalue weighted by Crippen LogP contribution is -2.39. The van der Waals surface area contributed by atoms with Crippen molar-refractivity contribution >= 4 is 27.0 Å². The average molecular weight is 458 g/mol. The Morgan fingerprint density at radius 3 is 2.59 bits per heavy atom. The predicted molar refractivity (Wildman–Crippen MR) is 123 cm³/mol. The molecule has 0 spiro atoms. The molecule has 1 aliphatic rings. The quantitative estimate of drug-likeness (QED) is 0.460. The number of amidine groups is 1. The summed E-state index contributed by atoms with van der Waals surface area (Å²) in [5.74, 6) is -0.294. The lowest BCUT2D eigenvalue weighted by atomic mass is 9.96. The lowest BCUT2D eigenvalue weighted by Gasteiger charge is -2.29. The van der Waals surface area contributed by atoms with E-state index in [4.69, 9.17) is 10.5 Å². The smallest absolute Gasteiger partial charge is 0.261 e. The summed E-state index contributed by atoms with van der Waals surface area (Å²) in [5, 5.41) is 12.6. The van der Waals surface area contributed by atoms with Crippen molar-refractivity contribution in [2.24, 2.45) is 16.6 Å². The average Bonchev–Trinajstić information content (AvgIpc) is 2.73. The van der Waals surface area contributed by atoms with Crippen LogP contribution < -0.4 is 16.6 Å². The third-order valence-corrected chi connectivity index (χ3v) is 7.79. The maximum absolute atomic E-state index is 12.6. The lowest BCUT2D eigenvalue weighted by molar-refractivity contribution is 0.0699. The molecule has 1 fully saturated rings. The molecule has 2 heterocycles. The van der Waals surface area contributed by atoms with Crippen LogP contribution in [0.5, 0.6) is 0 Å². The van der Waals surface area contributed by atoms with Crippen molar-refractivity contribution in [2.45, 2.75) is 42.9 Å².